The molecule has 0 radical (unpaired) electrons. The van der Waals surface area contributed by atoms with Crippen LogP contribution in [0.15, 0.2) is 41.2 Å². The molecule has 1 saturated heterocycles. The second-order valence-electron chi connectivity index (χ2n) is 6.95. The lowest BCUT2D eigenvalue weighted by atomic mass is 9.99. The van der Waals surface area contributed by atoms with Crippen molar-refractivity contribution < 1.29 is 4.79 Å². The van der Waals surface area contributed by atoms with Gasteiger partial charge in [-0.1, -0.05) is 30.3 Å². The second-order valence-corrected chi connectivity index (χ2v) is 6.95. The van der Waals surface area contributed by atoms with Crippen molar-refractivity contribution in [1.82, 2.24) is 19.8 Å². The molecule has 2 aromatic rings. The first-order valence-electron chi connectivity index (χ1n) is 9.12. The molecule has 26 heavy (non-hydrogen) atoms. The summed E-state index contributed by atoms with van der Waals surface area (Å²) in [4.78, 5) is 30.2. The molecule has 0 bridgehead atoms. The first kappa shape index (κ1) is 18.3. The number of hydrogen-bond donors (Lipinski definition) is 1. The molecular weight excluding hydrogens is 328 g/mol. The van der Waals surface area contributed by atoms with Gasteiger partial charge in [0, 0.05) is 31.0 Å². The minimum Gasteiger partial charge on any atom is -0.353 e. The van der Waals surface area contributed by atoms with Gasteiger partial charge in [-0.15, -0.1) is 0 Å². The number of carbonyl (C=O) groups excluding carboxylic acids is 1. The average molecular weight is 354 g/mol. The molecule has 6 nitrogen and oxygen atoms in total. The molecule has 6 heteroatoms. The topological polar surface area (TPSA) is 67.2 Å². The van der Waals surface area contributed by atoms with Crippen molar-refractivity contribution >= 4 is 5.91 Å². The molecule has 1 aromatic heterocycles. The first-order chi connectivity index (χ1) is 12.5. The van der Waals surface area contributed by atoms with Gasteiger partial charge in [0.15, 0.2) is 0 Å². The Balaban J connectivity index is 1.45. The molecule has 0 aliphatic carbocycles. The Kier molecular flexibility index (Phi) is 5.83. The molecule has 0 saturated carbocycles. The molecule has 0 spiro atoms. The Morgan fingerprint density at radius 2 is 2.04 bits per heavy atom. The van der Waals surface area contributed by atoms with Crippen LogP contribution in [0.1, 0.15) is 29.3 Å². The smallest absolute Gasteiger partial charge is 0.348 e. The van der Waals surface area contributed by atoms with Crippen molar-refractivity contribution in [2.75, 3.05) is 26.2 Å². The number of likely N-dealkylation sites (tertiary alicyclic amines) is 1. The third-order valence-electron chi connectivity index (χ3n) is 4.91. The summed E-state index contributed by atoms with van der Waals surface area (Å²) in [7, 11) is 0. The van der Waals surface area contributed by atoms with Crippen molar-refractivity contribution in [3.8, 4) is 0 Å². The number of rotatable bonds is 6. The van der Waals surface area contributed by atoms with E-state index in [2.05, 4.69) is 39.5 Å². The number of carbonyl (C=O) groups is 1. The summed E-state index contributed by atoms with van der Waals surface area (Å²) in [6.07, 6.45) is 1.08. The monoisotopic (exact) mass is 354 g/mol. The highest BCUT2D eigenvalue weighted by molar-refractivity contribution is 5.78. The van der Waals surface area contributed by atoms with E-state index in [0.29, 0.717) is 25.6 Å². The molecule has 2 heterocycles. The minimum atomic E-state index is -0.262. The number of hydrogen-bond acceptors (Lipinski definition) is 4. The lowest BCUT2D eigenvalue weighted by Crippen LogP contribution is -2.38. The van der Waals surface area contributed by atoms with Crippen LogP contribution < -0.4 is 11.0 Å². The fraction of sp³-hybridized carbons (Fsp3) is 0.450. The van der Waals surface area contributed by atoms with Crippen LogP contribution in [0.3, 0.4) is 0 Å². The van der Waals surface area contributed by atoms with Crippen LogP contribution in [0, 0.1) is 13.8 Å². The van der Waals surface area contributed by atoms with Gasteiger partial charge in [-0.2, -0.15) is 4.98 Å². The van der Waals surface area contributed by atoms with Crippen LogP contribution in [0.2, 0.25) is 0 Å². The van der Waals surface area contributed by atoms with Crippen molar-refractivity contribution in [2.24, 2.45) is 0 Å². The van der Waals surface area contributed by atoms with Crippen molar-refractivity contribution in [3.05, 3.63) is 63.8 Å². The summed E-state index contributed by atoms with van der Waals surface area (Å²) >= 11 is 0. The Hall–Kier alpha value is -2.47. The Labute approximate surface area is 153 Å². The van der Waals surface area contributed by atoms with Gasteiger partial charge in [0.1, 0.15) is 0 Å². The molecule has 1 amide bonds. The van der Waals surface area contributed by atoms with E-state index < -0.39 is 0 Å². The zero-order valence-corrected chi connectivity index (χ0v) is 15.4. The fourth-order valence-electron chi connectivity index (χ4n) is 3.59. The number of benzene rings is 1. The van der Waals surface area contributed by atoms with Gasteiger partial charge in [-0.3, -0.25) is 14.3 Å². The minimum absolute atomic E-state index is 0.00415. The lowest BCUT2D eigenvalue weighted by molar-refractivity contribution is -0.122. The van der Waals surface area contributed by atoms with Crippen molar-refractivity contribution in [2.45, 2.75) is 32.7 Å². The predicted octanol–water partition coefficient (Wildman–Crippen LogP) is 1.47. The van der Waals surface area contributed by atoms with Crippen molar-refractivity contribution in [1.29, 1.82) is 0 Å². The molecule has 3 rings (SSSR count). The quantitative estimate of drug-likeness (QED) is 0.853. The highest BCUT2D eigenvalue weighted by Gasteiger charge is 2.24. The maximum Gasteiger partial charge on any atom is 0.348 e. The van der Waals surface area contributed by atoms with E-state index in [1.807, 2.05) is 19.1 Å². The highest BCUT2D eigenvalue weighted by Crippen LogP contribution is 2.26. The first-order valence-corrected chi connectivity index (χ1v) is 9.12. The van der Waals surface area contributed by atoms with Gasteiger partial charge in [-0.25, -0.2) is 4.79 Å². The van der Waals surface area contributed by atoms with E-state index in [1.165, 1.54) is 5.56 Å². The zero-order chi connectivity index (χ0) is 18.5. The largest absolute Gasteiger partial charge is 0.353 e. The van der Waals surface area contributed by atoms with Gasteiger partial charge >= 0.3 is 5.69 Å². The van der Waals surface area contributed by atoms with E-state index >= 15 is 0 Å². The molecule has 1 unspecified atom stereocenters. The van der Waals surface area contributed by atoms with E-state index in [1.54, 1.807) is 11.5 Å². The Morgan fingerprint density at radius 3 is 2.77 bits per heavy atom. The van der Waals surface area contributed by atoms with Crippen LogP contribution >= 0.6 is 0 Å². The summed E-state index contributed by atoms with van der Waals surface area (Å²) in [5.74, 6) is 0.508. The third kappa shape index (κ3) is 4.58. The summed E-state index contributed by atoms with van der Waals surface area (Å²) < 4.78 is 1.59. The SMILES string of the molecule is Cc1cc(C)n(CCNC(=O)CN2CCC(c3ccccc3)C2)c(=O)n1. The van der Waals surface area contributed by atoms with E-state index in [9.17, 15) is 9.59 Å². The second kappa shape index (κ2) is 8.27. The van der Waals surface area contributed by atoms with Crippen LogP contribution in [0.4, 0.5) is 0 Å². The standard InChI is InChI=1S/C20H26N4O2/c1-15-12-16(2)24(20(26)22-15)11-9-21-19(25)14-23-10-8-18(13-23)17-6-4-3-5-7-17/h3-7,12,18H,8-11,13-14H2,1-2H3,(H,21,25). The number of amides is 1. The van der Waals surface area contributed by atoms with E-state index in [0.717, 1.165) is 30.9 Å². The number of nitrogens with zero attached hydrogens (tertiary/aromatic N) is 3. The molecule has 1 atom stereocenters. The van der Waals surface area contributed by atoms with Gasteiger partial charge in [-0.05, 0) is 44.4 Å². The maximum atomic E-state index is 12.2. The Morgan fingerprint density at radius 1 is 1.27 bits per heavy atom. The summed E-state index contributed by atoms with van der Waals surface area (Å²) in [6.45, 7) is 6.82. The lowest BCUT2D eigenvalue weighted by Gasteiger charge is -2.16. The summed E-state index contributed by atoms with van der Waals surface area (Å²) in [5, 5.41) is 2.91. The molecule has 1 aliphatic rings. The molecule has 1 aromatic carbocycles. The maximum absolute atomic E-state index is 12.2. The highest BCUT2D eigenvalue weighted by atomic mass is 16.2. The average Bonchev–Trinajstić information content (AvgIpc) is 3.06. The van der Waals surface area contributed by atoms with Crippen LogP contribution in [0.25, 0.3) is 0 Å². The van der Waals surface area contributed by atoms with E-state index in [4.69, 9.17) is 0 Å². The Bertz CT molecular complexity index is 816. The molecule has 1 aliphatic heterocycles. The molecule has 138 valence electrons. The van der Waals surface area contributed by atoms with Crippen LogP contribution in [-0.2, 0) is 11.3 Å². The van der Waals surface area contributed by atoms with Gasteiger partial charge in [0.2, 0.25) is 5.91 Å². The molecule has 1 N–H and O–H groups in total. The van der Waals surface area contributed by atoms with Gasteiger partial charge < -0.3 is 5.32 Å². The van der Waals surface area contributed by atoms with Crippen LogP contribution in [0.5, 0.6) is 0 Å². The molecule has 1 fully saturated rings. The van der Waals surface area contributed by atoms with E-state index in [-0.39, 0.29) is 11.6 Å². The summed E-state index contributed by atoms with van der Waals surface area (Å²) in [6, 6.07) is 12.3. The number of nitrogens with one attached hydrogen (secondary N) is 1. The van der Waals surface area contributed by atoms with Crippen molar-refractivity contribution in [3.63, 3.8) is 0 Å². The normalized spacial score (nSPS) is 17.4. The molecular formula is C20H26N4O2. The van der Waals surface area contributed by atoms with Crippen LogP contribution in [-0.4, -0.2) is 46.5 Å². The number of aryl methyl sites for hydroxylation is 2. The fourth-order valence-corrected chi connectivity index (χ4v) is 3.59. The third-order valence-corrected chi connectivity index (χ3v) is 4.91. The number of aromatic nitrogens is 2. The van der Waals surface area contributed by atoms with Gasteiger partial charge in [0.25, 0.3) is 0 Å². The predicted molar refractivity (Wildman–Crippen MR) is 101 cm³/mol. The van der Waals surface area contributed by atoms with Gasteiger partial charge in [0.05, 0.1) is 6.54 Å². The summed E-state index contributed by atoms with van der Waals surface area (Å²) in [5.41, 5.74) is 2.66. The zero-order valence-electron chi connectivity index (χ0n) is 15.4.